The van der Waals surface area contributed by atoms with Crippen LogP contribution in [0.1, 0.15) is 29.6 Å². The third-order valence-electron chi connectivity index (χ3n) is 3.46. The number of nitrogens with zero attached hydrogens (tertiary/aromatic N) is 1. The van der Waals surface area contributed by atoms with Gasteiger partial charge in [-0.25, -0.2) is 0 Å². The van der Waals surface area contributed by atoms with Gasteiger partial charge in [0.2, 0.25) is 0 Å². The number of amides is 1. The number of aliphatic carboxylic acids is 1. The standard InChI is InChI=1S/C14H18N2O5/c17-8-12-11(2-1-10(21-12)7-13(18)19)16-14(20)9-3-5-15-6-4-9/h3-6,10-12,17H,1-2,7-8H2,(H,16,20)(H,18,19)/t10-,11+,12-/m1/s1. The summed E-state index contributed by atoms with van der Waals surface area (Å²) in [5.41, 5.74) is 0.481. The van der Waals surface area contributed by atoms with E-state index in [0.717, 1.165) is 0 Å². The van der Waals surface area contributed by atoms with Crippen molar-refractivity contribution >= 4 is 11.9 Å². The first-order valence-electron chi connectivity index (χ1n) is 6.79. The third-order valence-corrected chi connectivity index (χ3v) is 3.46. The van der Waals surface area contributed by atoms with Gasteiger partial charge in [-0.1, -0.05) is 0 Å². The van der Waals surface area contributed by atoms with Crippen LogP contribution >= 0.6 is 0 Å². The fraction of sp³-hybridized carbons (Fsp3) is 0.500. The van der Waals surface area contributed by atoms with Crippen LogP contribution in [0.4, 0.5) is 0 Å². The molecule has 1 aliphatic rings. The molecule has 3 N–H and O–H groups in total. The van der Waals surface area contributed by atoms with Crippen LogP contribution < -0.4 is 5.32 Å². The summed E-state index contributed by atoms with van der Waals surface area (Å²) in [5.74, 6) is -1.20. The summed E-state index contributed by atoms with van der Waals surface area (Å²) in [7, 11) is 0. The minimum absolute atomic E-state index is 0.0957. The number of carboxylic acid groups (broad SMARTS) is 1. The van der Waals surface area contributed by atoms with E-state index in [9.17, 15) is 14.7 Å². The zero-order chi connectivity index (χ0) is 15.2. The number of rotatable bonds is 5. The quantitative estimate of drug-likeness (QED) is 0.715. The lowest BCUT2D eigenvalue weighted by atomic mass is 9.97. The van der Waals surface area contributed by atoms with E-state index in [0.29, 0.717) is 18.4 Å². The Morgan fingerprint density at radius 2 is 2.05 bits per heavy atom. The van der Waals surface area contributed by atoms with Crippen molar-refractivity contribution in [3.63, 3.8) is 0 Å². The van der Waals surface area contributed by atoms with Crippen LogP contribution in [0.5, 0.6) is 0 Å². The summed E-state index contributed by atoms with van der Waals surface area (Å²) in [6.07, 6.45) is 3.05. The van der Waals surface area contributed by atoms with Crippen molar-refractivity contribution in [3.8, 4) is 0 Å². The Kier molecular flexibility index (Phi) is 5.24. The smallest absolute Gasteiger partial charge is 0.305 e. The fourth-order valence-electron chi connectivity index (χ4n) is 2.40. The highest BCUT2D eigenvalue weighted by Gasteiger charge is 2.32. The van der Waals surface area contributed by atoms with E-state index in [-0.39, 0.29) is 25.0 Å². The largest absolute Gasteiger partial charge is 0.481 e. The Balaban J connectivity index is 1.94. The minimum atomic E-state index is -0.934. The van der Waals surface area contributed by atoms with Gasteiger partial charge in [-0.3, -0.25) is 14.6 Å². The Bertz CT molecular complexity index is 493. The second kappa shape index (κ2) is 7.14. The molecule has 0 aliphatic carbocycles. The molecule has 1 amide bonds. The molecule has 7 nitrogen and oxygen atoms in total. The molecule has 21 heavy (non-hydrogen) atoms. The number of nitrogens with one attached hydrogen (secondary N) is 1. The van der Waals surface area contributed by atoms with Crippen molar-refractivity contribution in [2.45, 2.75) is 37.5 Å². The van der Waals surface area contributed by atoms with E-state index in [2.05, 4.69) is 10.3 Å². The monoisotopic (exact) mass is 294 g/mol. The highest BCUT2D eigenvalue weighted by atomic mass is 16.5. The highest BCUT2D eigenvalue weighted by Crippen LogP contribution is 2.22. The number of hydrogen-bond donors (Lipinski definition) is 3. The van der Waals surface area contributed by atoms with Gasteiger partial charge in [-0.05, 0) is 25.0 Å². The molecule has 2 heterocycles. The van der Waals surface area contributed by atoms with E-state index in [1.807, 2.05) is 0 Å². The zero-order valence-electron chi connectivity index (χ0n) is 11.4. The van der Waals surface area contributed by atoms with E-state index in [1.165, 1.54) is 12.4 Å². The maximum atomic E-state index is 12.1. The third kappa shape index (κ3) is 4.24. The predicted octanol–water partition coefficient (Wildman–Crippen LogP) is 0.195. The number of aliphatic hydroxyl groups excluding tert-OH is 1. The molecule has 1 aromatic rings. The number of ether oxygens (including phenoxy) is 1. The number of aliphatic hydroxyl groups is 1. The first-order valence-corrected chi connectivity index (χ1v) is 6.79. The molecule has 2 rings (SSSR count). The van der Waals surface area contributed by atoms with Crippen LogP contribution in [0, 0.1) is 0 Å². The molecular formula is C14H18N2O5. The summed E-state index contributed by atoms with van der Waals surface area (Å²) in [5, 5.41) is 20.9. The van der Waals surface area contributed by atoms with E-state index in [4.69, 9.17) is 9.84 Å². The van der Waals surface area contributed by atoms with Gasteiger partial charge in [0.25, 0.3) is 5.91 Å². The van der Waals surface area contributed by atoms with Gasteiger partial charge in [0.1, 0.15) is 6.10 Å². The van der Waals surface area contributed by atoms with Crippen molar-refractivity contribution in [3.05, 3.63) is 30.1 Å². The molecule has 0 aromatic carbocycles. The van der Waals surface area contributed by atoms with E-state index >= 15 is 0 Å². The molecule has 7 heteroatoms. The summed E-state index contributed by atoms with van der Waals surface area (Å²) < 4.78 is 5.54. The van der Waals surface area contributed by atoms with Gasteiger partial charge in [-0.2, -0.15) is 0 Å². The van der Waals surface area contributed by atoms with Gasteiger partial charge >= 0.3 is 5.97 Å². The number of carbonyl (C=O) groups is 2. The number of carboxylic acids is 1. The van der Waals surface area contributed by atoms with Crippen molar-refractivity contribution in [2.24, 2.45) is 0 Å². The molecule has 0 saturated carbocycles. The molecule has 0 unspecified atom stereocenters. The number of carbonyl (C=O) groups excluding carboxylic acids is 1. The molecule has 1 fully saturated rings. The summed E-state index contributed by atoms with van der Waals surface area (Å²) >= 11 is 0. The van der Waals surface area contributed by atoms with Crippen LogP contribution in [0.2, 0.25) is 0 Å². The van der Waals surface area contributed by atoms with Crippen molar-refractivity contribution in [1.82, 2.24) is 10.3 Å². The lowest BCUT2D eigenvalue weighted by Gasteiger charge is -2.35. The molecule has 0 bridgehead atoms. The Labute approximate surface area is 122 Å². The normalized spacial score (nSPS) is 25.3. The first kappa shape index (κ1) is 15.4. The molecule has 1 aliphatic heterocycles. The Morgan fingerprint density at radius 3 is 2.67 bits per heavy atom. The SMILES string of the molecule is O=C(O)C[C@H]1CC[C@H](NC(=O)c2ccncc2)[C@@H](CO)O1. The van der Waals surface area contributed by atoms with Crippen molar-refractivity contribution in [2.75, 3.05) is 6.61 Å². The topological polar surface area (TPSA) is 109 Å². The minimum Gasteiger partial charge on any atom is -0.481 e. The van der Waals surface area contributed by atoms with Gasteiger partial charge in [-0.15, -0.1) is 0 Å². The van der Waals surface area contributed by atoms with Gasteiger partial charge in [0.15, 0.2) is 0 Å². The molecule has 0 spiro atoms. The first-order chi connectivity index (χ1) is 10.1. The molecule has 1 saturated heterocycles. The second-order valence-electron chi connectivity index (χ2n) is 4.97. The second-order valence-corrected chi connectivity index (χ2v) is 4.97. The molecule has 114 valence electrons. The molecule has 0 radical (unpaired) electrons. The van der Waals surface area contributed by atoms with Crippen molar-refractivity contribution < 1.29 is 24.5 Å². The Morgan fingerprint density at radius 1 is 1.33 bits per heavy atom. The number of aromatic nitrogens is 1. The van der Waals surface area contributed by atoms with Gasteiger partial charge < -0.3 is 20.3 Å². The maximum absolute atomic E-state index is 12.1. The average Bonchev–Trinajstić information content (AvgIpc) is 2.49. The molecule has 3 atom stereocenters. The van der Waals surface area contributed by atoms with Gasteiger partial charge in [0, 0.05) is 18.0 Å². The molecule has 1 aromatic heterocycles. The van der Waals surface area contributed by atoms with Crippen molar-refractivity contribution in [1.29, 1.82) is 0 Å². The van der Waals surface area contributed by atoms with Crippen LogP contribution in [-0.2, 0) is 9.53 Å². The van der Waals surface area contributed by atoms with Crippen LogP contribution in [0.3, 0.4) is 0 Å². The lowest BCUT2D eigenvalue weighted by Crippen LogP contribution is -2.51. The number of pyridine rings is 1. The maximum Gasteiger partial charge on any atom is 0.305 e. The zero-order valence-corrected chi connectivity index (χ0v) is 11.4. The van der Waals surface area contributed by atoms with Crippen LogP contribution in [0.15, 0.2) is 24.5 Å². The lowest BCUT2D eigenvalue weighted by molar-refractivity contribution is -0.145. The van der Waals surface area contributed by atoms with E-state index < -0.39 is 18.2 Å². The highest BCUT2D eigenvalue weighted by molar-refractivity contribution is 5.94. The average molecular weight is 294 g/mol. The molecular weight excluding hydrogens is 276 g/mol. The predicted molar refractivity (Wildman–Crippen MR) is 72.7 cm³/mol. The fourth-order valence-corrected chi connectivity index (χ4v) is 2.40. The Hall–Kier alpha value is -1.99. The van der Waals surface area contributed by atoms with Gasteiger partial charge in [0.05, 0.1) is 25.2 Å². The van der Waals surface area contributed by atoms with Crippen LogP contribution in [0.25, 0.3) is 0 Å². The van der Waals surface area contributed by atoms with E-state index in [1.54, 1.807) is 12.1 Å². The summed E-state index contributed by atoms with van der Waals surface area (Å²) in [6.45, 7) is -0.266. The van der Waals surface area contributed by atoms with Crippen LogP contribution in [-0.4, -0.2) is 51.9 Å². The summed E-state index contributed by atoms with van der Waals surface area (Å²) in [4.78, 5) is 26.6. The number of hydrogen-bond acceptors (Lipinski definition) is 5. The summed E-state index contributed by atoms with van der Waals surface area (Å²) in [6, 6.07) is 2.86.